The Kier molecular flexibility index (Phi) is 30.6. The van der Waals surface area contributed by atoms with E-state index in [1.165, 1.54) is 6.92 Å². The fourth-order valence-electron chi connectivity index (χ4n) is 16.9. The molecular formula is C96H100N10O20. The van der Waals surface area contributed by atoms with E-state index in [4.69, 9.17) is 85.3 Å². The van der Waals surface area contributed by atoms with E-state index in [-0.39, 0.29) is 59.5 Å². The van der Waals surface area contributed by atoms with Crippen molar-refractivity contribution in [2.24, 2.45) is 15.3 Å². The lowest BCUT2D eigenvalue weighted by molar-refractivity contribution is -0.391. The third-order valence-electron chi connectivity index (χ3n) is 23.1. The summed E-state index contributed by atoms with van der Waals surface area (Å²) >= 11 is 0. The van der Waals surface area contributed by atoms with Crippen LogP contribution in [0.4, 0.5) is 4.79 Å². The van der Waals surface area contributed by atoms with Crippen molar-refractivity contribution in [3.05, 3.63) is 343 Å². The zero-order chi connectivity index (χ0) is 86.3. The van der Waals surface area contributed by atoms with Crippen LogP contribution < -0.4 is 0 Å². The molecule has 6 heterocycles. The van der Waals surface area contributed by atoms with Crippen molar-refractivity contribution >= 4 is 33.6 Å². The molecule has 0 aliphatic carbocycles. The predicted octanol–water partition coefficient (Wildman–Crippen LogP) is 17.6. The van der Waals surface area contributed by atoms with E-state index >= 15 is 0 Å². The molecule has 0 aromatic heterocycles. The van der Waals surface area contributed by atoms with Gasteiger partial charge in [-0.05, 0) is 110 Å². The van der Waals surface area contributed by atoms with Gasteiger partial charge < -0.3 is 90.2 Å². The van der Waals surface area contributed by atoms with Crippen molar-refractivity contribution in [2.75, 3.05) is 33.0 Å². The summed E-state index contributed by atoms with van der Waals surface area (Å²) in [6, 6.07) is 80.6. The van der Waals surface area contributed by atoms with Gasteiger partial charge >= 0.3 is 12.1 Å². The van der Waals surface area contributed by atoms with Gasteiger partial charge in [-0.3, -0.25) is 4.79 Å². The number of hydrogen-bond acceptors (Lipinski definition) is 23. The van der Waals surface area contributed by atoms with Crippen LogP contribution >= 0.6 is 0 Å². The molecule has 10 aromatic carbocycles. The minimum atomic E-state index is -1.71. The minimum absolute atomic E-state index is 0.00295. The normalized spacial score (nSPS) is 28.1. The van der Waals surface area contributed by atoms with Gasteiger partial charge in [0, 0.05) is 52.5 Å². The molecule has 30 heteroatoms. The van der Waals surface area contributed by atoms with Crippen LogP contribution in [0.5, 0.6) is 0 Å². The molecule has 6 saturated heterocycles. The molecule has 0 N–H and O–H groups in total. The number of amides is 1. The maximum absolute atomic E-state index is 14.0. The fourth-order valence-corrected chi connectivity index (χ4v) is 16.9. The highest BCUT2D eigenvalue weighted by atomic mass is 16.8. The smallest absolute Gasteiger partial charge is 0.410 e. The summed E-state index contributed by atoms with van der Waals surface area (Å²) in [4.78, 5) is 39.3. The Morgan fingerprint density at radius 1 is 0.405 bits per heavy atom. The van der Waals surface area contributed by atoms with Crippen molar-refractivity contribution in [3.8, 4) is 0 Å². The molecule has 6 aliphatic heterocycles. The van der Waals surface area contributed by atoms with Crippen molar-refractivity contribution < 1.29 is 94.9 Å². The maximum atomic E-state index is 14.0. The van der Waals surface area contributed by atoms with Crippen molar-refractivity contribution in [3.63, 3.8) is 0 Å². The SMILES string of the molecule is CC(=O)OC1C(C)OC(O[C@@H]2[C@@H](N=[N+]=[N-])[C@@H](O[C@@H]3[C@H](OCc4ccc5ccccc5c4)[C@@H](OCc4ccc5ccccc5c4)[C@@H](OCCCCCN(Cc4ccccc4)C(=O)OCc4ccccc4)O[C@@H]3COCc3ccccc3)O[C@@H]3CO[C@H](c4ccccc4)O[C@H]23)C(N=[N+]=[N-])C1O[C@@H]1O[C@@H]2CO[C@@H](c3ccccc3)O[C@H]2[C@H](OCc2ccccc2)[C@@H]1N=[N+]=[N-]. The second-order valence-electron chi connectivity index (χ2n) is 31.7. The third-order valence-corrected chi connectivity index (χ3v) is 23.1. The first-order valence-electron chi connectivity index (χ1n) is 42.6. The average Bonchev–Trinajstić information content (AvgIpc) is 0.755. The lowest BCUT2D eigenvalue weighted by Gasteiger charge is -2.53. The maximum Gasteiger partial charge on any atom is 0.410 e. The second kappa shape index (κ2) is 43.8. The zero-order valence-corrected chi connectivity index (χ0v) is 69.6. The molecule has 6 fully saturated rings. The fraction of sp³-hybridized carbons (Fsp3) is 0.396. The molecule has 654 valence electrons. The highest BCUT2D eigenvalue weighted by molar-refractivity contribution is 5.83. The Bertz CT molecular complexity index is 5310. The Morgan fingerprint density at radius 3 is 1.40 bits per heavy atom. The second-order valence-corrected chi connectivity index (χ2v) is 31.7. The molecule has 6 aliphatic rings. The van der Waals surface area contributed by atoms with Crippen LogP contribution in [0.1, 0.15) is 90.2 Å². The summed E-state index contributed by atoms with van der Waals surface area (Å²) in [6.45, 7) is 3.67. The molecule has 22 atom stereocenters. The van der Waals surface area contributed by atoms with Crippen LogP contribution in [0.15, 0.2) is 282 Å². The first kappa shape index (κ1) is 88.2. The topological polar surface area (TPSA) is 350 Å². The number of rotatable bonds is 36. The number of unbranched alkanes of at least 4 members (excludes halogenated alkanes) is 2. The molecule has 5 unspecified atom stereocenters. The van der Waals surface area contributed by atoms with Crippen molar-refractivity contribution in [1.82, 2.24) is 4.90 Å². The Labute approximate surface area is 728 Å². The standard InChI is InChI=1S/C96H100N10O20/c1-61-81(118-62(2)107)86(125-93-78(100-103-97)85(111-54-65-32-14-5-15-33-65)82-76(119-93)59-114-90(122-82)71-38-18-7-19-39-71)79(101-104-98)92(117-61)126-87-80(102-105-99)94(120-77-60-115-91(123-83(77)87)72-40-20-8-21-41-72)124-84-75(58-109-53-64-30-12-4-13-31-64)121-95(110-49-27-9-26-48-106(52-63-28-10-3-11-29-63)96(108)116-55-66-34-16-6-17-35-66)89(113-57-68-45-47-70-37-23-25-43-74(70)51-68)88(84)112-56-67-44-46-69-36-22-24-42-73(69)50-67/h3-8,10-25,28-47,50-51,61,75-95H,9,26-27,48-49,52-60H2,1-2H3/t61?,75-,76-,77-,78+,79?,80-,81?,82-,83+,84+,85-,86?,87-,88+,89-,90-,91+,92?,93+,94-,95+/m1/s1. The summed E-state index contributed by atoms with van der Waals surface area (Å²) in [6.07, 6.45) is -22.3. The molecular weight excluding hydrogens is 1610 g/mol. The number of nitrogens with zero attached hydrogens (tertiary/aromatic N) is 10. The molecule has 16 rings (SSSR count). The predicted molar refractivity (Wildman–Crippen MR) is 459 cm³/mol. The van der Waals surface area contributed by atoms with Gasteiger partial charge in [0.25, 0.3) is 0 Å². The number of hydrogen-bond donors (Lipinski definition) is 0. The highest BCUT2D eigenvalue weighted by Crippen LogP contribution is 2.45. The summed E-state index contributed by atoms with van der Waals surface area (Å²) in [5.41, 5.74) is 39.0. The Balaban J connectivity index is 0.742. The molecule has 0 spiro atoms. The van der Waals surface area contributed by atoms with Gasteiger partial charge in [-0.15, -0.1) is 0 Å². The molecule has 1 amide bonds. The van der Waals surface area contributed by atoms with E-state index in [0.29, 0.717) is 43.5 Å². The number of esters is 1. The quantitative estimate of drug-likeness (QED) is 0.0116. The van der Waals surface area contributed by atoms with Crippen LogP contribution in [0.2, 0.25) is 0 Å². The molecule has 10 aromatic rings. The third kappa shape index (κ3) is 22.4. The van der Waals surface area contributed by atoms with E-state index in [9.17, 15) is 26.2 Å². The molecule has 0 bridgehead atoms. The van der Waals surface area contributed by atoms with Crippen molar-refractivity contribution in [1.29, 1.82) is 0 Å². The summed E-state index contributed by atoms with van der Waals surface area (Å²) in [5, 5.41) is 17.2. The van der Waals surface area contributed by atoms with Crippen LogP contribution in [-0.4, -0.2) is 173 Å². The Morgan fingerprint density at radius 2 is 0.849 bits per heavy atom. The highest BCUT2D eigenvalue weighted by Gasteiger charge is 2.60. The van der Waals surface area contributed by atoms with Gasteiger partial charge in [-0.2, -0.15) is 0 Å². The number of ether oxygens (including phenoxy) is 18. The van der Waals surface area contributed by atoms with Crippen LogP contribution in [0.25, 0.3) is 52.9 Å². The summed E-state index contributed by atoms with van der Waals surface area (Å²) in [5.74, 6) is -0.758. The summed E-state index contributed by atoms with van der Waals surface area (Å²) in [7, 11) is 0. The number of azide groups is 3. The van der Waals surface area contributed by atoms with Gasteiger partial charge in [0.05, 0.1) is 52.4 Å². The molecule has 0 saturated carbocycles. The molecule has 0 radical (unpaired) electrons. The number of fused-ring (bicyclic) bond motifs is 4. The van der Waals surface area contributed by atoms with E-state index < -0.39 is 147 Å². The average molecular weight is 1710 g/mol. The van der Waals surface area contributed by atoms with E-state index in [1.807, 2.05) is 255 Å². The van der Waals surface area contributed by atoms with Gasteiger partial charge in [0.15, 0.2) is 43.8 Å². The van der Waals surface area contributed by atoms with Gasteiger partial charge in [0.1, 0.15) is 91.9 Å². The molecule has 126 heavy (non-hydrogen) atoms. The molecule has 30 nitrogen and oxygen atoms in total. The first-order valence-corrected chi connectivity index (χ1v) is 42.6. The lowest BCUT2D eigenvalue weighted by atomic mass is 9.93. The van der Waals surface area contributed by atoms with Gasteiger partial charge in [-0.25, -0.2) is 4.79 Å². The lowest BCUT2D eigenvalue weighted by Crippen LogP contribution is -2.68. The summed E-state index contributed by atoms with van der Waals surface area (Å²) < 4.78 is 124. The van der Waals surface area contributed by atoms with Gasteiger partial charge in [0.2, 0.25) is 0 Å². The van der Waals surface area contributed by atoms with Crippen LogP contribution in [0, 0.1) is 0 Å². The Hall–Kier alpha value is -11.2. The zero-order valence-electron chi connectivity index (χ0n) is 69.6. The van der Waals surface area contributed by atoms with Crippen LogP contribution in [-0.2, 0) is 130 Å². The van der Waals surface area contributed by atoms with Crippen molar-refractivity contribution in [2.45, 2.75) is 208 Å². The number of carbonyl (C=O) groups excluding carboxylic acids is 2. The van der Waals surface area contributed by atoms with Crippen LogP contribution in [0.3, 0.4) is 0 Å². The number of carbonyl (C=O) groups is 2. The monoisotopic (exact) mass is 1710 g/mol. The number of benzene rings is 10. The van der Waals surface area contributed by atoms with Gasteiger partial charge in [-0.1, -0.05) is 270 Å². The minimum Gasteiger partial charge on any atom is -0.457 e. The van der Waals surface area contributed by atoms with E-state index in [2.05, 4.69) is 42.2 Å². The van der Waals surface area contributed by atoms with E-state index in [0.717, 1.165) is 54.9 Å². The largest absolute Gasteiger partial charge is 0.457 e. The van der Waals surface area contributed by atoms with E-state index in [1.54, 1.807) is 11.8 Å². The first-order chi connectivity index (χ1) is 62.0.